The Morgan fingerprint density at radius 2 is 1.96 bits per heavy atom. The van der Waals surface area contributed by atoms with Gasteiger partial charge in [0, 0.05) is 11.5 Å². The van der Waals surface area contributed by atoms with E-state index in [9.17, 15) is 31.2 Å². The van der Waals surface area contributed by atoms with Gasteiger partial charge in [-0.25, -0.2) is 13.2 Å². The smallest absolute Gasteiger partial charge is 0.416 e. The molecule has 0 saturated heterocycles. The largest absolute Gasteiger partial charge is 0.464 e. The molecule has 7 nitrogen and oxygen atoms in total. The van der Waals surface area contributed by atoms with Crippen LogP contribution in [-0.2, 0) is 27.4 Å². The normalized spacial score (nSPS) is 14.3. The fourth-order valence-electron chi connectivity index (χ4n) is 2.78. The van der Waals surface area contributed by atoms with Crippen LogP contribution in [0.3, 0.4) is 0 Å². The molecule has 0 unspecified atom stereocenters. The molecular formula is C17H14F3NO6S. The Hall–Kier alpha value is -2.69. The number of esters is 1. The second-order valence-electron chi connectivity index (χ2n) is 6.23. The molecular weight excluding hydrogens is 403 g/mol. The van der Waals surface area contributed by atoms with E-state index in [1.54, 1.807) is 0 Å². The maximum Gasteiger partial charge on any atom is 0.416 e. The van der Waals surface area contributed by atoms with Gasteiger partial charge in [-0.15, -0.1) is 0 Å². The third-order valence-electron chi connectivity index (χ3n) is 4.25. The van der Waals surface area contributed by atoms with Crippen molar-refractivity contribution in [2.24, 2.45) is 0 Å². The number of carbonyl (C=O) groups is 2. The number of hydrogen-bond donors (Lipinski definition) is 1. The van der Waals surface area contributed by atoms with E-state index in [4.69, 9.17) is 4.52 Å². The molecule has 1 aromatic heterocycles. The second kappa shape index (κ2) is 7.38. The quantitative estimate of drug-likeness (QED) is 0.438. The van der Waals surface area contributed by atoms with Gasteiger partial charge in [0.05, 0.1) is 18.4 Å². The van der Waals surface area contributed by atoms with Gasteiger partial charge < -0.3 is 9.26 Å². The molecule has 1 aromatic carbocycles. The number of hydrogen-bond acceptors (Lipinski definition) is 7. The first kappa shape index (κ1) is 20.1. The standard InChI is InChI=1S/C17H14F3NO6S/c1-26-16(23)13-12(15(27-21-13)8-2-3-8)14(22)11-5-4-10(17(18,19)20)6-9(11)7-28(24)25/h4-6,8,28H,2-3,7H2,1H3. The van der Waals surface area contributed by atoms with Gasteiger partial charge in [-0.3, -0.25) is 4.79 Å². The van der Waals surface area contributed by atoms with Crippen molar-refractivity contribution >= 4 is 22.5 Å². The van der Waals surface area contributed by atoms with Gasteiger partial charge in [-0.05, 0) is 30.5 Å². The lowest BCUT2D eigenvalue weighted by atomic mass is 9.95. The van der Waals surface area contributed by atoms with E-state index in [0.29, 0.717) is 25.0 Å². The van der Waals surface area contributed by atoms with Gasteiger partial charge in [-0.2, -0.15) is 13.2 Å². The Morgan fingerprint density at radius 3 is 2.50 bits per heavy atom. The molecule has 0 N–H and O–H groups in total. The molecule has 1 heterocycles. The summed E-state index contributed by atoms with van der Waals surface area (Å²) < 4.78 is 70.9. The minimum absolute atomic E-state index is 0.140. The Kier molecular flexibility index (Phi) is 5.28. The van der Waals surface area contributed by atoms with Crippen LogP contribution in [0, 0.1) is 0 Å². The van der Waals surface area contributed by atoms with Crippen LogP contribution in [0.4, 0.5) is 13.2 Å². The highest BCUT2D eigenvalue weighted by Crippen LogP contribution is 2.43. The maximum absolute atomic E-state index is 13.1. The zero-order valence-corrected chi connectivity index (χ0v) is 15.3. The van der Waals surface area contributed by atoms with Crippen LogP contribution in [-0.4, -0.2) is 32.4 Å². The summed E-state index contributed by atoms with van der Waals surface area (Å²) in [5.74, 6) is -2.55. The third-order valence-corrected chi connectivity index (χ3v) is 4.85. The lowest BCUT2D eigenvalue weighted by molar-refractivity contribution is -0.137. The summed E-state index contributed by atoms with van der Waals surface area (Å²) in [7, 11) is -2.03. The molecule has 1 aliphatic rings. The van der Waals surface area contributed by atoms with E-state index < -0.39 is 45.6 Å². The molecule has 3 rings (SSSR count). The summed E-state index contributed by atoms with van der Waals surface area (Å²) in [6, 6.07) is 2.18. The van der Waals surface area contributed by atoms with Crippen LogP contribution < -0.4 is 0 Å². The minimum atomic E-state index is -4.71. The van der Waals surface area contributed by atoms with Crippen molar-refractivity contribution in [2.75, 3.05) is 7.11 Å². The topological polar surface area (TPSA) is 104 Å². The van der Waals surface area contributed by atoms with Crippen molar-refractivity contribution in [1.82, 2.24) is 5.16 Å². The number of carbonyl (C=O) groups excluding carboxylic acids is 2. The highest BCUT2D eigenvalue weighted by atomic mass is 32.2. The number of rotatable bonds is 6. The number of thiol groups is 1. The number of benzene rings is 1. The first-order valence-corrected chi connectivity index (χ1v) is 9.44. The van der Waals surface area contributed by atoms with E-state index in [0.717, 1.165) is 13.2 Å². The van der Waals surface area contributed by atoms with Crippen LogP contribution in [0.2, 0.25) is 0 Å². The van der Waals surface area contributed by atoms with Gasteiger partial charge in [-0.1, -0.05) is 11.2 Å². The number of aromatic nitrogens is 1. The molecule has 2 aromatic rings. The fourth-order valence-corrected chi connectivity index (χ4v) is 3.32. The van der Waals surface area contributed by atoms with E-state index in [1.807, 2.05) is 0 Å². The van der Waals surface area contributed by atoms with Gasteiger partial charge in [0.25, 0.3) is 0 Å². The van der Waals surface area contributed by atoms with Gasteiger partial charge in [0.1, 0.15) is 16.3 Å². The molecule has 0 amide bonds. The van der Waals surface area contributed by atoms with Crippen LogP contribution in [0.5, 0.6) is 0 Å². The predicted molar refractivity (Wildman–Crippen MR) is 88.7 cm³/mol. The summed E-state index contributed by atoms with van der Waals surface area (Å²) in [6.07, 6.45) is -3.32. The number of ether oxygens (including phenoxy) is 1. The second-order valence-corrected chi connectivity index (χ2v) is 7.21. The summed E-state index contributed by atoms with van der Waals surface area (Å²) in [6.45, 7) is 0. The Morgan fingerprint density at radius 1 is 1.29 bits per heavy atom. The van der Waals surface area contributed by atoms with Crippen LogP contribution in [0.25, 0.3) is 0 Å². The number of halogens is 3. The fraction of sp³-hybridized carbons (Fsp3) is 0.353. The SMILES string of the molecule is COC(=O)c1noc(C2CC2)c1C(=O)c1ccc(C(F)(F)F)cc1C[SH](=O)=O. The Labute approximate surface area is 158 Å². The number of nitrogens with zero attached hydrogens (tertiary/aromatic N) is 1. The first-order chi connectivity index (χ1) is 13.1. The lowest BCUT2D eigenvalue weighted by Crippen LogP contribution is -2.15. The molecule has 0 spiro atoms. The molecule has 0 radical (unpaired) electrons. The highest BCUT2D eigenvalue weighted by molar-refractivity contribution is 7.71. The first-order valence-electron chi connectivity index (χ1n) is 8.08. The third kappa shape index (κ3) is 3.93. The van der Waals surface area contributed by atoms with Crippen LogP contribution in [0.15, 0.2) is 22.7 Å². The summed E-state index contributed by atoms with van der Waals surface area (Å²) in [5.41, 5.74) is -2.29. The van der Waals surface area contributed by atoms with Crippen molar-refractivity contribution in [2.45, 2.75) is 30.7 Å². The number of methoxy groups -OCH3 is 1. The Bertz CT molecular complexity index is 1010. The van der Waals surface area contributed by atoms with E-state index in [2.05, 4.69) is 9.89 Å². The highest BCUT2D eigenvalue weighted by Gasteiger charge is 2.38. The predicted octanol–water partition coefficient (Wildman–Crippen LogP) is 2.70. The summed E-state index contributed by atoms with van der Waals surface area (Å²) >= 11 is 0. The molecule has 1 saturated carbocycles. The molecule has 11 heteroatoms. The number of alkyl halides is 3. The average molecular weight is 417 g/mol. The van der Waals surface area contributed by atoms with Crippen molar-refractivity contribution in [3.05, 3.63) is 51.9 Å². The zero-order valence-electron chi connectivity index (χ0n) is 14.4. The Balaban J connectivity index is 2.15. The van der Waals surface area contributed by atoms with Crippen molar-refractivity contribution in [3.63, 3.8) is 0 Å². The summed E-state index contributed by atoms with van der Waals surface area (Å²) in [4.78, 5) is 25.0. The van der Waals surface area contributed by atoms with Gasteiger partial charge in [0.2, 0.25) is 5.69 Å². The lowest BCUT2D eigenvalue weighted by Gasteiger charge is -2.12. The zero-order chi connectivity index (χ0) is 20.6. The maximum atomic E-state index is 13.1. The van der Waals surface area contributed by atoms with Crippen LogP contribution >= 0.6 is 0 Å². The van der Waals surface area contributed by atoms with E-state index in [-0.39, 0.29) is 28.4 Å². The van der Waals surface area contributed by atoms with E-state index in [1.165, 1.54) is 0 Å². The van der Waals surface area contributed by atoms with Crippen molar-refractivity contribution < 1.29 is 40.4 Å². The van der Waals surface area contributed by atoms with Crippen molar-refractivity contribution in [1.29, 1.82) is 0 Å². The molecule has 28 heavy (non-hydrogen) atoms. The molecule has 0 atom stereocenters. The van der Waals surface area contributed by atoms with E-state index >= 15 is 0 Å². The molecule has 1 fully saturated rings. The summed E-state index contributed by atoms with van der Waals surface area (Å²) in [5, 5.41) is 3.57. The molecule has 0 aliphatic heterocycles. The van der Waals surface area contributed by atoms with Gasteiger partial charge in [0.15, 0.2) is 11.5 Å². The number of ketones is 1. The molecule has 150 valence electrons. The minimum Gasteiger partial charge on any atom is -0.464 e. The van der Waals surface area contributed by atoms with Gasteiger partial charge >= 0.3 is 12.1 Å². The molecule has 0 bridgehead atoms. The van der Waals surface area contributed by atoms with Crippen molar-refractivity contribution in [3.8, 4) is 0 Å². The van der Waals surface area contributed by atoms with Crippen LogP contribution in [0.1, 0.15) is 62.1 Å². The monoisotopic (exact) mass is 417 g/mol. The molecule has 1 aliphatic carbocycles. The average Bonchev–Trinajstić information content (AvgIpc) is 3.37.